The molecule has 0 aliphatic rings. The largest absolute Gasteiger partial charge is 0.456 e. The molecule has 9 aromatic carbocycles. The highest BCUT2D eigenvalue weighted by Crippen LogP contribution is 2.48. The molecule has 2 heterocycles. The Morgan fingerprint density at radius 3 is 1.68 bits per heavy atom. The smallest absolute Gasteiger partial charge is 0.136 e. The summed E-state index contributed by atoms with van der Waals surface area (Å²) >= 11 is 1.87. The van der Waals surface area contributed by atoms with E-state index in [1.54, 1.807) is 0 Å². The van der Waals surface area contributed by atoms with Crippen molar-refractivity contribution in [3.8, 4) is 33.4 Å². The summed E-state index contributed by atoms with van der Waals surface area (Å²) in [5, 5.41) is 12.4. The van der Waals surface area contributed by atoms with E-state index in [9.17, 15) is 0 Å². The fraction of sp³-hybridized carbons (Fsp3) is 0. The van der Waals surface area contributed by atoms with Gasteiger partial charge < -0.3 is 4.42 Å². The molecule has 232 valence electrons. The molecule has 50 heavy (non-hydrogen) atoms. The van der Waals surface area contributed by atoms with Crippen LogP contribution in [0, 0.1) is 0 Å². The standard InChI is InChI=1S/C48H28OS/c1-2-12-29(13-3-1)46-34-16-6-8-18-36(34)47(37-19-9-7-17-35(37)46)41-26-33(27-43-48(41)38-20-10-11-21-42(38)49-43)32-22-23-44-39(25-32)40-24-30-14-4-5-15-31(30)28-45(40)50-44/h1-28H. The molecule has 0 spiro atoms. The summed E-state index contributed by atoms with van der Waals surface area (Å²) in [5.41, 5.74) is 9.06. The Bertz CT molecular complexity index is 3090. The lowest BCUT2D eigenvalue weighted by atomic mass is 9.84. The van der Waals surface area contributed by atoms with E-state index in [2.05, 4.69) is 170 Å². The molecule has 0 aliphatic heterocycles. The minimum Gasteiger partial charge on any atom is -0.456 e. The number of para-hydroxylation sites is 1. The highest BCUT2D eigenvalue weighted by Gasteiger charge is 2.21. The van der Waals surface area contributed by atoms with Gasteiger partial charge in [0.1, 0.15) is 11.2 Å². The van der Waals surface area contributed by atoms with E-state index in [1.165, 1.54) is 80.3 Å². The molecule has 0 fully saturated rings. The van der Waals surface area contributed by atoms with Crippen molar-refractivity contribution in [2.45, 2.75) is 0 Å². The van der Waals surface area contributed by atoms with Crippen LogP contribution in [-0.4, -0.2) is 0 Å². The molecule has 11 aromatic rings. The van der Waals surface area contributed by atoms with E-state index in [1.807, 2.05) is 11.3 Å². The topological polar surface area (TPSA) is 13.1 Å². The predicted molar refractivity (Wildman–Crippen MR) is 215 cm³/mol. The number of hydrogen-bond acceptors (Lipinski definition) is 2. The monoisotopic (exact) mass is 652 g/mol. The molecule has 2 aromatic heterocycles. The van der Waals surface area contributed by atoms with Gasteiger partial charge in [-0.1, -0.05) is 127 Å². The molecule has 0 amide bonds. The first kappa shape index (κ1) is 27.7. The molecule has 0 atom stereocenters. The Balaban J connectivity index is 1.25. The number of hydrogen-bond donors (Lipinski definition) is 0. The lowest BCUT2D eigenvalue weighted by molar-refractivity contribution is 0.669. The van der Waals surface area contributed by atoms with Gasteiger partial charge in [-0.2, -0.15) is 0 Å². The maximum Gasteiger partial charge on any atom is 0.136 e. The van der Waals surface area contributed by atoms with Crippen LogP contribution >= 0.6 is 11.3 Å². The first-order chi connectivity index (χ1) is 24.8. The second-order valence-corrected chi connectivity index (χ2v) is 14.3. The molecule has 0 aliphatic carbocycles. The minimum absolute atomic E-state index is 0.903. The summed E-state index contributed by atoms with van der Waals surface area (Å²) in [4.78, 5) is 0. The van der Waals surface area contributed by atoms with Crippen LogP contribution in [0.25, 0.3) is 108 Å². The van der Waals surface area contributed by atoms with Gasteiger partial charge in [0.2, 0.25) is 0 Å². The van der Waals surface area contributed by atoms with Gasteiger partial charge in [-0.15, -0.1) is 11.3 Å². The number of furan rings is 1. The molecular weight excluding hydrogens is 625 g/mol. The van der Waals surface area contributed by atoms with Crippen molar-refractivity contribution in [3.05, 3.63) is 170 Å². The average Bonchev–Trinajstić information content (AvgIpc) is 3.73. The van der Waals surface area contributed by atoms with Crippen molar-refractivity contribution in [1.82, 2.24) is 0 Å². The van der Waals surface area contributed by atoms with Crippen molar-refractivity contribution in [2.75, 3.05) is 0 Å². The molecule has 0 saturated heterocycles. The predicted octanol–water partition coefficient (Wildman–Crippen LogP) is 14.4. The van der Waals surface area contributed by atoms with Gasteiger partial charge in [-0.25, -0.2) is 0 Å². The van der Waals surface area contributed by atoms with Gasteiger partial charge in [0.15, 0.2) is 0 Å². The number of fused-ring (bicyclic) bond motifs is 9. The Hall–Kier alpha value is -6.22. The molecular formula is C48H28OS. The number of rotatable bonds is 3. The molecule has 0 bridgehead atoms. The van der Waals surface area contributed by atoms with E-state index in [4.69, 9.17) is 4.42 Å². The first-order valence-electron chi connectivity index (χ1n) is 17.1. The highest BCUT2D eigenvalue weighted by molar-refractivity contribution is 7.25. The zero-order chi connectivity index (χ0) is 32.8. The minimum atomic E-state index is 0.903. The molecule has 0 saturated carbocycles. The normalized spacial score (nSPS) is 12.0. The van der Waals surface area contributed by atoms with Crippen molar-refractivity contribution in [3.63, 3.8) is 0 Å². The van der Waals surface area contributed by atoms with Crippen molar-refractivity contribution in [2.24, 2.45) is 0 Å². The lowest BCUT2D eigenvalue weighted by Crippen LogP contribution is -1.92. The van der Waals surface area contributed by atoms with Crippen LogP contribution < -0.4 is 0 Å². The molecule has 0 radical (unpaired) electrons. The maximum atomic E-state index is 6.69. The molecule has 1 nitrogen and oxygen atoms in total. The van der Waals surface area contributed by atoms with E-state index >= 15 is 0 Å². The molecule has 2 heteroatoms. The zero-order valence-corrected chi connectivity index (χ0v) is 27.8. The van der Waals surface area contributed by atoms with E-state index < -0.39 is 0 Å². The number of thiophene rings is 1. The summed E-state index contributed by atoms with van der Waals surface area (Å²) < 4.78 is 9.31. The van der Waals surface area contributed by atoms with Crippen molar-refractivity contribution in [1.29, 1.82) is 0 Å². The Labute approximate surface area is 292 Å². The molecule has 0 N–H and O–H groups in total. The summed E-state index contributed by atoms with van der Waals surface area (Å²) in [6.07, 6.45) is 0. The Kier molecular flexibility index (Phi) is 5.89. The second kappa shape index (κ2) is 10.6. The fourth-order valence-electron chi connectivity index (χ4n) is 8.19. The van der Waals surface area contributed by atoms with Crippen LogP contribution in [0.2, 0.25) is 0 Å². The Morgan fingerprint density at radius 2 is 0.940 bits per heavy atom. The van der Waals surface area contributed by atoms with Gasteiger partial charge in [-0.05, 0) is 108 Å². The summed E-state index contributed by atoms with van der Waals surface area (Å²) in [7, 11) is 0. The van der Waals surface area contributed by atoms with Gasteiger partial charge >= 0.3 is 0 Å². The van der Waals surface area contributed by atoms with Crippen LogP contribution in [0.4, 0.5) is 0 Å². The van der Waals surface area contributed by atoms with Gasteiger partial charge in [-0.3, -0.25) is 0 Å². The second-order valence-electron chi connectivity index (χ2n) is 13.2. The van der Waals surface area contributed by atoms with Crippen LogP contribution in [-0.2, 0) is 0 Å². The van der Waals surface area contributed by atoms with Crippen molar-refractivity contribution >= 4 is 85.8 Å². The van der Waals surface area contributed by atoms with Crippen LogP contribution in [0.1, 0.15) is 0 Å². The third-order valence-electron chi connectivity index (χ3n) is 10.4. The van der Waals surface area contributed by atoms with Crippen LogP contribution in [0.15, 0.2) is 174 Å². The molecule has 11 rings (SSSR count). The Morgan fingerprint density at radius 1 is 0.340 bits per heavy atom. The van der Waals surface area contributed by atoms with Crippen LogP contribution in [0.3, 0.4) is 0 Å². The lowest BCUT2D eigenvalue weighted by Gasteiger charge is -2.19. The van der Waals surface area contributed by atoms with Crippen molar-refractivity contribution < 1.29 is 4.42 Å². The highest BCUT2D eigenvalue weighted by atomic mass is 32.1. The fourth-order valence-corrected chi connectivity index (χ4v) is 9.31. The third-order valence-corrected chi connectivity index (χ3v) is 11.5. The SMILES string of the molecule is c1ccc(-c2c3ccccc3c(-c3cc(-c4ccc5sc6cc7ccccc7cc6c5c4)cc4oc5ccccc5c34)c3ccccc23)cc1. The van der Waals surface area contributed by atoms with E-state index in [0.717, 1.165) is 27.5 Å². The first-order valence-corrected chi connectivity index (χ1v) is 17.9. The van der Waals surface area contributed by atoms with Gasteiger partial charge in [0.05, 0.1) is 0 Å². The summed E-state index contributed by atoms with van der Waals surface area (Å²) in [6, 6.07) is 62.0. The van der Waals surface area contributed by atoms with Crippen LogP contribution in [0.5, 0.6) is 0 Å². The zero-order valence-electron chi connectivity index (χ0n) is 27.0. The van der Waals surface area contributed by atoms with E-state index in [-0.39, 0.29) is 0 Å². The van der Waals surface area contributed by atoms with E-state index in [0.29, 0.717) is 0 Å². The summed E-state index contributed by atoms with van der Waals surface area (Å²) in [5.74, 6) is 0. The van der Waals surface area contributed by atoms with Gasteiger partial charge in [0, 0.05) is 30.9 Å². The molecule has 0 unspecified atom stereocenters. The number of benzene rings is 9. The average molecular weight is 653 g/mol. The maximum absolute atomic E-state index is 6.69. The summed E-state index contributed by atoms with van der Waals surface area (Å²) in [6.45, 7) is 0. The third kappa shape index (κ3) is 4.06. The quantitative estimate of drug-likeness (QED) is 0.173. The van der Waals surface area contributed by atoms with Gasteiger partial charge in [0.25, 0.3) is 0 Å².